The van der Waals surface area contributed by atoms with Gasteiger partial charge in [-0.25, -0.2) is 38.7 Å². The number of nitrogens with one attached hydrogen (secondary N) is 1. The minimum Gasteiger partial charge on any atom is -0.392 e. The van der Waals surface area contributed by atoms with E-state index in [4.69, 9.17) is 33.4 Å². The van der Waals surface area contributed by atoms with Crippen LogP contribution in [0.3, 0.4) is 0 Å². The maximum Gasteiger partial charge on any atom is 0.415 e. The average molecular weight is 2090 g/mol. The number of thiazole rings is 1. The summed E-state index contributed by atoms with van der Waals surface area (Å²) < 4.78 is 155. The third-order valence-electron chi connectivity index (χ3n) is 27.0. The van der Waals surface area contributed by atoms with Gasteiger partial charge >= 0.3 is 18.5 Å². The fraction of sp³-hybridized carbons (Fsp3) is 0.358. The number of thioether (sulfide) groups is 1. The van der Waals surface area contributed by atoms with Gasteiger partial charge in [-0.15, -0.1) is 23.1 Å². The standard InChI is InChI=1S/C23H22F4N4O.C22H25N5O.C21H20F4N4O2S.C20H20F3N5OS.C20H23N5O2/c1-13-10-31(12-21(29-13)23(25,26)27)11-14-2-7-17-18(15-3-5-16(24)6-4-15)9-20(22(28)32)30-19(17)8-14;1-26-13-16(11-24-26)18-10-20(21(23)28)25-19-9-15(3-4-17(18)19)12-27-8-2-5-22(14-27)6-7-22;1-11-8-29(10-18(31-11)21(23,24)25)9-12-2-3-13-14(17-7-27-19(6-22)32-17)5-16(20(26)30)28-15(13)4-12;1-27-10-13(8-25-27)15-7-17(19(24)29)26-16-6-12(2-3-14(15)16)9-28-4-5-30-18(11-28)20(21,22)23;1-24-11-14(9-22-24)17-8-19(20(21)27)23-18-7-13(4-5-16(17)18)10-25-6-2-3-15(26)12-25/h2-9,13,21,29H,10-12H2,1H3,(H2,28,32);3-4,9-11,13H,2,5-8,12,14H2,1H3,(H2,23,28);2-5,7,11,18H,6,8-10H2,1H3,(H2,26,30);2-3,6-8,10,18H,4-5,9,11H2,1H3,(H2,24,29);4-5,7-9,11,15,26H,2-3,6,10,12H2,1H3,(H2,21,27)/t;;11-,18-;;15-/m..1.1/s1. The zero-order valence-electron chi connectivity index (χ0n) is 82.0. The van der Waals surface area contributed by atoms with E-state index in [9.17, 15) is 77.4 Å². The number of nitrogens with zero attached hydrogens (tertiary/aromatic N) is 17. The Kier molecular flexibility index (Phi) is 32.1. The fourth-order valence-corrected chi connectivity index (χ4v) is 21.8. The maximum absolute atomic E-state index is 13.4. The Labute approximate surface area is 857 Å². The molecule has 780 valence electrons. The molecule has 12 N–H and O–H groups in total. The van der Waals surface area contributed by atoms with Gasteiger partial charge in [-0.2, -0.15) is 54.8 Å². The molecular weight excluding hydrogens is 1980 g/mol. The van der Waals surface area contributed by atoms with Crippen LogP contribution < -0.4 is 34.0 Å². The molecule has 9 aromatic heterocycles. The number of aryl methyl sites for hydroxylation is 3. The Morgan fingerprint density at radius 2 is 0.839 bits per heavy atom. The van der Waals surface area contributed by atoms with Crippen molar-refractivity contribution < 1.29 is 82.1 Å². The van der Waals surface area contributed by atoms with Gasteiger partial charge in [0, 0.05) is 192 Å². The molecule has 6 aromatic carbocycles. The van der Waals surface area contributed by atoms with Crippen molar-refractivity contribution in [1.29, 1.82) is 0 Å². The second-order valence-electron chi connectivity index (χ2n) is 38.8. The van der Waals surface area contributed by atoms with Crippen molar-refractivity contribution in [2.45, 2.75) is 146 Å². The van der Waals surface area contributed by atoms with E-state index in [-0.39, 0.29) is 66.9 Å². The predicted octanol–water partition coefficient (Wildman–Crippen LogP) is 16.0. The van der Waals surface area contributed by atoms with Crippen LogP contribution in [0.25, 0.3) is 109 Å². The quantitative estimate of drug-likeness (QED) is 0.0329. The normalized spacial score (nSPS) is 19.0. The minimum absolute atomic E-state index is 0.0389. The van der Waals surface area contributed by atoms with Crippen molar-refractivity contribution in [2.75, 3.05) is 71.2 Å². The number of piperidine rings is 2. The minimum atomic E-state index is -4.43. The van der Waals surface area contributed by atoms with Gasteiger partial charge in [0.2, 0.25) is 0 Å². The third-order valence-corrected chi connectivity index (χ3v) is 29.3. The summed E-state index contributed by atoms with van der Waals surface area (Å²) >= 11 is 2.12. The first-order valence-corrected chi connectivity index (χ1v) is 50.3. The molecule has 149 heavy (non-hydrogen) atoms. The highest BCUT2D eigenvalue weighted by Crippen LogP contribution is 2.52. The summed E-state index contributed by atoms with van der Waals surface area (Å²) in [5.74, 6) is -3.07. The Balaban J connectivity index is 0.000000127. The van der Waals surface area contributed by atoms with Gasteiger partial charge in [0.25, 0.3) is 29.5 Å². The van der Waals surface area contributed by atoms with Crippen LogP contribution in [0.15, 0.2) is 189 Å². The van der Waals surface area contributed by atoms with Gasteiger partial charge in [-0.1, -0.05) is 72.8 Å². The third kappa shape index (κ3) is 26.4. The first-order valence-electron chi connectivity index (χ1n) is 48.4. The van der Waals surface area contributed by atoms with Crippen LogP contribution in [0.5, 0.6) is 0 Å². The number of aliphatic hydroxyl groups is 1. The zero-order valence-corrected chi connectivity index (χ0v) is 83.6. The molecule has 6 atom stereocenters. The summed E-state index contributed by atoms with van der Waals surface area (Å²) in [4.78, 5) is 95.8. The van der Waals surface area contributed by atoms with Crippen LogP contribution >= 0.6 is 23.1 Å². The SMILES string of the molecule is CC1CN(Cc2ccc3c(-c4ccc(F)cc4)cc(C(N)=O)nc3c2)CC(C(F)(F)F)N1.C[C@@H]1CN(Cc2ccc3c(-c4cnc(CF)s4)cc(C(N)=O)nc3c2)C[C@H](C(F)(F)F)O1.Cn1cc(-c2cc(C(N)=O)nc3cc(CN4CCCC5(CC5)C4)ccc23)cn1.Cn1cc(-c2cc(C(N)=O)nc3cc(CN4CCC[C@@H](O)C4)ccc23)cn1.Cn1cc(-c2cc(C(N)=O)nc3cc(CN4CCSC(C(F)(F)F)C4)ccc23)cn1. The number of hydrogen-bond acceptors (Lipinski definition) is 24. The van der Waals surface area contributed by atoms with Crippen LogP contribution in [0.2, 0.25) is 0 Å². The van der Waals surface area contributed by atoms with E-state index in [0.717, 1.165) is 150 Å². The number of pyridine rings is 5. The van der Waals surface area contributed by atoms with Crippen molar-refractivity contribution in [3.05, 3.63) is 256 Å². The highest BCUT2D eigenvalue weighted by atomic mass is 32.2. The molecule has 5 aliphatic heterocycles. The molecule has 43 heteroatoms. The number of aliphatic hydroxyl groups excluding tert-OH is 1. The molecule has 30 nitrogen and oxygen atoms in total. The largest absolute Gasteiger partial charge is 0.415 e. The van der Waals surface area contributed by atoms with Gasteiger partial charge in [-0.05, 0) is 199 Å². The molecule has 0 bridgehead atoms. The number of piperazine rings is 1. The molecule has 1 aliphatic carbocycles. The summed E-state index contributed by atoms with van der Waals surface area (Å²) in [6.07, 6.45) is 4.18. The molecule has 0 radical (unpaired) electrons. The lowest BCUT2D eigenvalue weighted by Crippen LogP contribution is -2.60. The number of ether oxygens (including phenoxy) is 1. The number of morpholine rings is 1. The van der Waals surface area contributed by atoms with Gasteiger partial charge in [0.05, 0.1) is 63.3 Å². The highest BCUT2D eigenvalue weighted by Gasteiger charge is 2.48. The number of primary amides is 5. The van der Waals surface area contributed by atoms with E-state index in [0.29, 0.717) is 105 Å². The summed E-state index contributed by atoms with van der Waals surface area (Å²) in [7, 11) is 5.53. The number of rotatable bonds is 21. The van der Waals surface area contributed by atoms with E-state index in [2.05, 4.69) is 84.6 Å². The maximum atomic E-state index is 13.4. The van der Waals surface area contributed by atoms with E-state index in [1.165, 1.54) is 62.2 Å². The number of aromatic nitrogens is 12. The summed E-state index contributed by atoms with van der Waals surface area (Å²) in [6, 6.07) is 41.0. The molecule has 1 saturated carbocycles. The van der Waals surface area contributed by atoms with E-state index in [1.807, 2.05) is 75.2 Å². The summed E-state index contributed by atoms with van der Waals surface area (Å²) in [6.45, 7) is 10.3. The van der Waals surface area contributed by atoms with Gasteiger partial charge in [0.1, 0.15) is 57.3 Å². The fourth-order valence-electron chi connectivity index (χ4n) is 19.8. The molecule has 21 rings (SSSR count). The Morgan fingerprint density at radius 3 is 1.22 bits per heavy atom. The smallest absolute Gasteiger partial charge is 0.392 e. The van der Waals surface area contributed by atoms with Crippen LogP contribution in [-0.2, 0) is 65.3 Å². The molecule has 6 aliphatic rings. The molecule has 15 aromatic rings. The number of hydrogen-bond donors (Lipinski definition) is 7. The van der Waals surface area contributed by atoms with E-state index >= 15 is 0 Å². The number of halogens is 11. The lowest BCUT2D eigenvalue weighted by atomic mass is 9.94. The highest BCUT2D eigenvalue weighted by molar-refractivity contribution is 8.00. The van der Waals surface area contributed by atoms with Crippen molar-refractivity contribution in [1.82, 2.24) is 89.1 Å². The first-order chi connectivity index (χ1) is 70.9. The molecule has 5 saturated heterocycles. The number of nitrogens with two attached hydrogens (primary N) is 5. The van der Waals surface area contributed by atoms with Gasteiger partial charge < -0.3 is 43.8 Å². The monoisotopic (exact) mass is 2090 g/mol. The molecular formula is C106H110F11N23O7S2. The Morgan fingerprint density at radius 1 is 0.443 bits per heavy atom. The number of fused-ring (bicyclic) bond motifs is 5. The van der Waals surface area contributed by atoms with Crippen molar-refractivity contribution in [2.24, 2.45) is 55.2 Å². The van der Waals surface area contributed by atoms with Crippen LogP contribution in [-0.4, -0.2) is 244 Å². The Hall–Kier alpha value is -13.8. The Bertz CT molecular complexity index is 7490. The topological polar surface area (TPSA) is 404 Å². The summed E-state index contributed by atoms with van der Waals surface area (Å²) in [5.41, 5.74) is 43.8. The average Bonchev–Trinajstić information content (AvgIpc) is 1.77. The van der Waals surface area contributed by atoms with Crippen molar-refractivity contribution in [3.63, 3.8) is 0 Å². The lowest BCUT2D eigenvalue weighted by Gasteiger charge is -2.38. The second kappa shape index (κ2) is 45.0. The predicted molar refractivity (Wildman–Crippen MR) is 547 cm³/mol. The number of amides is 5. The van der Waals surface area contributed by atoms with Crippen molar-refractivity contribution >= 4 is 107 Å². The van der Waals surface area contributed by atoms with Gasteiger partial charge in [-0.3, -0.25) is 62.5 Å². The molecule has 1 spiro atoms. The molecule has 6 fully saturated rings. The number of β-amino-alcohol motifs (C(OH)–C–C–N with tert-alkyl or cyclic N) is 1. The van der Waals surface area contributed by atoms with Crippen LogP contribution in [0.4, 0.5) is 48.3 Å². The van der Waals surface area contributed by atoms with Crippen LogP contribution in [0, 0.1) is 11.2 Å². The lowest BCUT2D eigenvalue weighted by molar-refractivity contribution is -0.252. The molecule has 5 amide bonds. The number of carbonyl (C=O) groups is 5. The number of likely N-dealkylation sites (tertiary alicyclic amines) is 2. The zero-order chi connectivity index (χ0) is 106. The van der Waals surface area contributed by atoms with Crippen molar-refractivity contribution in [3.8, 4) is 54.9 Å². The van der Waals surface area contributed by atoms with E-state index < -0.39 is 78.2 Å². The van der Waals surface area contributed by atoms with Gasteiger partial charge in [0.15, 0.2) is 6.10 Å². The number of carbonyl (C=O) groups excluding carboxylic acids is 5. The van der Waals surface area contributed by atoms with Crippen LogP contribution in [0.1, 0.15) is 138 Å². The number of alkyl halides is 10. The first kappa shape index (κ1) is 107. The summed E-state index contributed by atoms with van der Waals surface area (Å²) in [5, 5.41) is 28.3. The number of benzene rings is 6. The molecule has 3 unspecified atom stereocenters. The molecule has 14 heterocycles. The second-order valence-corrected chi connectivity index (χ2v) is 41.3. The van der Waals surface area contributed by atoms with E-state index in [1.54, 1.807) is 129 Å².